The molecule has 4 bridgehead atoms. The van der Waals surface area contributed by atoms with Crippen molar-refractivity contribution in [2.75, 3.05) is 6.61 Å². The summed E-state index contributed by atoms with van der Waals surface area (Å²) < 4.78 is 6.90. The van der Waals surface area contributed by atoms with Crippen LogP contribution in [0.25, 0.3) is 5.57 Å². The summed E-state index contributed by atoms with van der Waals surface area (Å²) in [6.45, 7) is 11.8. The molecule has 6 rings (SSSR count). The Balaban J connectivity index is 1.55. The molecule has 0 aliphatic heterocycles. The van der Waals surface area contributed by atoms with Gasteiger partial charge in [-0.05, 0) is 110 Å². The van der Waals surface area contributed by atoms with Gasteiger partial charge in [0.05, 0.1) is 6.61 Å². The Morgan fingerprint density at radius 2 is 1.58 bits per heavy atom. The summed E-state index contributed by atoms with van der Waals surface area (Å²) in [5.74, 6) is 3.97. The molecule has 2 aromatic carbocycles. The molecule has 0 atom stereocenters. The molecule has 1 N–H and O–H groups in total. The second-order valence-electron chi connectivity index (χ2n) is 13.2. The number of aryl methyl sites for hydroxylation is 1. The largest absolute Gasteiger partial charge is 0.542 e. The van der Waals surface area contributed by atoms with Gasteiger partial charge in [0.1, 0.15) is 5.75 Å². The van der Waals surface area contributed by atoms with Gasteiger partial charge in [-0.1, -0.05) is 69.3 Å². The fourth-order valence-corrected chi connectivity index (χ4v) is 8.68. The van der Waals surface area contributed by atoms with E-state index in [1.807, 2.05) is 18.2 Å². The van der Waals surface area contributed by atoms with Gasteiger partial charge in [0, 0.05) is 11.0 Å². The predicted molar refractivity (Wildman–Crippen MR) is 153 cm³/mol. The quantitative estimate of drug-likeness (QED) is 0.370. The molecule has 2 nitrogen and oxygen atoms in total. The molecule has 1 radical (unpaired) electrons. The van der Waals surface area contributed by atoms with Crippen LogP contribution in [0.15, 0.2) is 48.5 Å². The summed E-state index contributed by atoms with van der Waals surface area (Å²) in [5.41, 5.74) is 7.00. The Bertz CT molecular complexity index is 1060. The van der Waals surface area contributed by atoms with Crippen molar-refractivity contribution in [2.24, 2.45) is 17.8 Å². The van der Waals surface area contributed by atoms with E-state index in [4.69, 9.17) is 4.43 Å². The minimum atomic E-state index is -0.905. The average molecular weight is 502 g/mol. The van der Waals surface area contributed by atoms with Crippen LogP contribution in [-0.4, -0.2) is 20.8 Å². The summed E-state index contributed by atoms with van der Waals surface area (Å²) in [7, 11) is -0.905. The normalized spacial score (nSPS) is 27.6. The van der Waals surface area contributed by atoms with E-state index < -0.39 is 9.04 Å². The highest BCUT2D eigenvalue weighted by atomic mass is 28.3. The van der Waals surface area contributed by atoms with Crippen LogP contribution < -0.4 is 4.43 Å². The number of aliphatic hydroxyl groups is 1. The first-order valence-corrected chi connectivity index (χ1v) is 16.6. The monoisotopic (exact) mass is 501 g/mol. The SMILES string of the molecule is C[Si](C)Oc1c(CC/C=C(/CO)c2ccccc2)ccc(C(C)(C)C)c1C12CC3CC(CC(C3)C1)C2. The molecule has 0 heterocycles. The van der Waals surface area contributed by atoms with Crippen LogP contribution in [0, 0.1) is 17.8 Å². The minimum absolute atomic E-state index is 0.0753. The van der Waals surface area contributed by atoms with Crippen LogP contribution in [-0.2, 0) is 17.3 Å². The molecule has 0 spiro atoms. The molecular formula is C33H45O2Si. The van der Waals surface area contributed by atoms with Gasteiger partial charge in [0.25, 0.3) is 9.04 Å². The lowest BCUT2D eigenvalue weighted by atomic mass is 9.47. The Kier molecular flexibility index (Phi) is 7.26. The van der Waals surface area contributed by atoms with Gasteiger partial charge in [-0.15, -0.1) is 0 Å². The first-order valence-electron chi connectivity index (χ1n) is 14.2. The second kappa shape index (κ2) is 10.1. The van der Waals surface area contributed by atoms with E-state index in [2.05, 4.69) is 64.2 Å². The Labute approximate surface area is 220 Å². The minimum Gasteiger partial charge on any atom is -0.542 e. The second-order valence-corrected chi connectivity index (χ2v) is 15.2. The third-order valence-electron chi connectivity index (χ3n) is 9.04. The lowest BCUT2D eigenvalue weighted by molar-refractivity contribution is -0.00662. The van der Waals surface area contributed by atoms with Crippen LogP contribution in [0.1, 0.15) is 88.0 Å². The maximum atomic E-state index is 10.0. The number of aliphatic hydroxyl groups excluding tert-OH is 1. The molecule has 4 aliphatic rings. The number of allylic oxidation sites excluding steroid dienone is 1. The van der Waals surface area contributed by atoms with E-state index >= 15 is 0 Å². The van der Waals surface area contributed by atoms with Gasteiger partial charge in [-0.25, -0.2) is 0 Å². The van der Waals surface area contributed by atoms with Crippen LogP contribution in [0.2, 0.25) is 13.1 Å². The van der Waals surface area contributed by atoms with E-state index in [1.165, 1.54) is 55.4 Å². The highest BCUT2D eigenvalue weighted by Crippen LogP contribution is 2.63. The van der Waals surface area contributed by atoms with Crippen molar-refractivity contribution in [2.45, 2.75) is 96.1 Å². The Morgan fingerprint density at radius 1 is 0.972 bits per heavy atom. The third-order valence-corrected chi connectivity index (χ3v) is 9.65. The van der Waals surface area contributed by atoms with Crippen LogP contribution in [0.5, 0.6) is 5.75 Å². The molecule has 193 valence electrons. The number of hydrogen-bond donors (Lipinski definition) is 1. The highest BCUT2D eigenvalue weighted by Gasteiger charge is 2.53. The van der Waals surface area contributed by atoms with Gasteiger partial charge >= 0.3 is 0 Å². The topological polar surface area (TPSA) is 29.5 Å². The summed E-state index contributed by atoms with van der Waals surface area (Å²) in [5, 5.41) is 10.0. The molecule has 0 saturated heterocycles. The van der Waals surface area contributed by atoms with Gasteiger partial charge in [0.2, 0.25) is 0 Å². The summed E-state index contributed by atoms with van der Waals surface area (Å²) in [4.78, 5) is 0. The molecule has 0 amide bonds. The van der Waals surface area contributed by atoms with Crippen molar-refractivity contribution in [1.29, 1.82) is 0 Å². The average Bonchev–Trinajstić information content (AvgIpc) is 2.81. The van der Waals surface area contributed by atoms with Crippen molar-refractivity contribution in [3.63, 3.8) is 0 Å². The van der Waals surface area contributed by atoms with E-state index in [1.54, 1.807) is 5.56 Å². The molecule has 4 fully saturated rings. The van der Waals surface area contributed by atoms with Crippen LogP contribution in [0.4, 0.5) is 0 Å². The van der Waals surface area contributed by atoms with E-state index in [-0.39, 0.29) is 12.0 Å². The van der Waals surface area contributed by atoms with Gasteiger partial charge in [-0.2, -0.15) is 0 Å². The lowest BCUT2D eigenvalue weighted by Gasteiger charge is -2.58. The summed E-state index contributed by atoms with van der Waals surface area (Å²) in [6.07, 6.45) is 12.6. The molecule has 3 heteroatoms. The number of hydrogen-bond acceptors (Lipinski definition) is 2. The standard InChI is InChI=1S/C33H45O2Si/c1-32(2,3)29-15-14-27(12-9-13-28(22-34)26-10-7-6-8-11-26)31(35-36(4)5)30(29)33-19-23-16-24(20-33)18-25(17-23)21-33/h6-8,10-11,13-15,23-25,34H,9,12,16-22H2,1-5H3/b28-13-. The zero-order valence-corrected chi connectivity index (χ0v) is 24.1. The van der Waals surface area contributed by atoms with E-state index in [0.717, 1.165) is 41.7 Å². The summed E-state index contributed by atoms with van der Waals surface area (Å²) in [6, 6.07) is 15.1. The van der Waals surface area contributed by atoms with Crippen molar-refractivity contribution < 1.29 is 9.53 Å². The smallest absolute Gasteiger partial charge is 0.274 e. The zero-order chi connectivity index (χ0) is 25.5. The molecule has 4 saturated carbocycles. The molecule has 4 aliphatic carbocycles. The van der Waals surface area contributed by atoms with Gasteiger partial charge in [-0.3, -0.25) is 0 Å². The van der Waals surface area contributed by atoms with Crippen molar-refractivity contribution >= 4 is 14.6 Å². The first-order chi connectivity index (χ1) is 17.2. The highest BCUT2D eigenvalue weighted by molar-refractivity contribution is 6.49. The van der Waals surface area contributed by atoms with Crippen molar-refractivity contribution in [3.8, 4) is 5.75 Å². The maximum Gasteiger partial charge on any atom is 0.274 e. The van der Waals surface area contributed by atoms with Gasteiger partial charge < -0.3 is 9.53 Å². The Morgan fingerprint density at radius 3 is 2.11 bits per heavy atom. The molecule has 36 heavy (non-hydrogen) atoms. The third kappa shape index (κ3) is 5.11. The van der Waals surface area contributed by atoms with Crippen molar-refractivity contribution in [3.05, 3.63) is 70.8 Å². The molecule has 0 aromatic heterocycles. The number of rotatable bonds is 8. The number of benzene rings is 2. The Hall–Kier alpha value is -1.84. The summed E-state index contributed by atoms with van der Waals surface area (Å²) >= 11 is 0. The van der Waals surface area contributed by atoms with Crippen LogP contribution >= 0.6 is 0 Å². The van der Waals surface area contributed by atoms with E-state index in [9.17, 15) is 5.11 Å². The predicted octanol–water partition coefficient (Wildman–Crippen LogP) is 8.09. The zero-order valence-electron chi connectivity index (χ0n) is 23.1. The van der Waals surface area contributed by atoms with Gasteiger partial charge in [0.15, 0.2) is 0 Å². The lowest BCUT2D eigenvalue weighted by Crippen LogP contribution is -2.49. The molecule has 0 unspecified atom stereocenters. The van der Waals surface area contributed by atoms with Crippen LogP contribution in [0.3, 0.4) is 0 Å². The molecule has 2 aromatic rings. The maximum absolute atomic E-state index is 10.0. The van der Waals surface area contributed by atoms with Crippen molar-refractivity contribution in [1.82, 2.24) is 0 Å². The fraction of sp³-hybridized carbons (Fsp3) is 0.576. The fourth-order valence-electron chi connectivity index (χ4n) is 8.04. The molecular weight excluding hydrogens is 456 g/mol. The first kappa shape index (κ1) is 25.8. The van der Waals surface area contributed by atoms with E-state index in [0.29, 0.717) is 5.41 Å².